The second-order valence-electron chi connectivity index (χ2n) is 8.44. The molecule has 0 radical (unpaired) electrons. The lowest BCUT2D eigenvalue weighted by molar-refractivity contribution is 0.0922. The van der Waals surface area contributed by atoms with Crippen LogP contribution in [0.25, 0.3) is 0 Å². The molecule has 0 amide bonds. The van der Waals surface area contributed by atoms with E-state index < -0.39 is 0 Å². The van der Waals surface area contributed by atoms with E-state index in [-0.39, 0.29) is 18.4 Å². The van der Waals surface area contributed by atoms with Gasteiger partial charge in [0.2, 0.25) is 0 Å². The Bertz CT molecular complexity index is 756. The highest BCUT2D eigenvalue weighted by Crippen LogP contribution is 2.38. The molecule has 5 heteroatoms. The SMILES string of the molecule is CCCCCCCOc1ccc(OC)c(C[C@@H]2CCCN(N)[C@@H]2c2ccccc2)c1.Cl. The predicted molar refractivity (Wildman–Crippen MR) is 131 cm³/mol. The van der Waals surface area contributed by atoms with Gasteiger partial charge in [0.15, 0.2) is 0 Å². The van der Waals surface area contributed by atoms with Crippen LogP contribution in [-0.2, 0) is 6.42 Å². The van der Waals surface area contributed by atoms with Crippen molar-refractivity contribution in [2.45, 2.75) is 64.3 Å². The standard InChI is InChI=1S/C26H38N2O2.ClH/c1-3-4-5-6-10-18-30-24-15-16-25(29-2)23(20-24)19-22-14-11-17-28(27)26(22)21-12-8-7-9-13-21;/h7-9,12-13,15-16,20,22,26H,3-6,10-11,14,17-19,27H2,1-2H3;1H/t22-,26+;/m0./s1. The van der Waals surface area contributed by atoms with Crippen molar-refractivity contribution in [2.75, 3.05) is 20.3 Å². The van der Waals surface area contributed by atoms with Gasteiger partial charge >= 0.3 is 0 Å². The van der Waals surface area contributed by atoms with E-state index in [0.29, 0.717) is 5.92 Å². The molecule has 4 nitrogen and oxygen atoms in total. The number of hydrazine groups is 1. The largest absolute Gasteiger partial charge is 0.496 e. The fourth-order valence-electron chi connectivity index (χ4n) is 4.61. The van der Waals surface area contributed by atoms with Crippen molar-refractivity contribution in [3.8, 4) is 11.5 Å². The normalized spacial score (nSPS) is 18.9. The van der Waals surface area contributed by atoms with Crippen LogP contribution in [0.15, 0.2) is 48.5 Å². The monoisotopic (exact) mass is 446 g/mol. The van der Waals surface area contributed by atoms with Crippen LogP contribution in [0.4, 0.5) is 0 Å². The number of benzene rings is 2. The minimum atomic E-state index is 0. The van der Waals surface area contributed by atoms with Crippen molar-refractivity contribution in [1.29, 1.82) is 0 Å². The molecule has 2 aromatic carbocycles. The Balaban J connectivity index is 0.00000341. The van der Waals surface area contributed by atoms with Gasteiger partial charge in [-0.3, -0.25) is 5.84 Å². The molecule has 0 aromatic heterocycles. The topological polar surface area (TPSA) is 47.7 Å². The minimum Gasteiger partial charge on any atom is -0.496 e. The van der Waals surface area contributed by atoms with Gasteiger partial charge in [-0.1, -0.05) is 62.9 Å². The Kier molecular flexibility index (Phi) is 11.2. The average molecular weight is 447 g/mol. The fourth-order valence-corrected chi connectivity index (χ4v) is 4.61. The summed E-state index contributed by atoms with van der Waals surface area (Å²) in [7, 11) is 1.75. The first kappa shape index (κ1) is 25.5. The summed E-state index contributed by atoms with van der Waals surface area (Å²) in [4.78, 5) is 0. The fraction of sp³-hybridized carbons (Fsp3) is 0.538. The molecule has 2 atom stereocenters. The summed E-state index contributed by atoms with van der Waals surface area (Å²) in [6, 6.07) is 17.1. The third-order valence-electron chi connectivity index (χ3n) is 6.19. The smallest absolute Gasteiger partial charge is 0.122 e. The third-order valence-corrected chi connectivity index (χ3v) is 6.19. The van der Waals surface area contributed by atoms with Crippen LogP contribution < -0.4 is 15.3 Å². The lowest BCUT2D eigenvalue weighted by Crippen LogP contribution is -2.44. The zero-order chi connectivity index (χ0) is 21.2. The zero-order valence-corrected chi connectivity index (χ0v) is 19.9. The number of hydrogen-bond donors (Lipinski definition) is 1. The number of rotatable bonds is 11. The zero-order valence-electron chi connectivity index (χ0n) is 19.1. The quantitative estimate of drug-likeness (QED) is 0.323. The molecular formula is C26H39ClN2O2. The van der Waals surface area contributed by atoms with E-state index in [1.54, 1.807) is 7.11 Å². The molecule has 0 aliphatic carbocycles. The molecule has 0 unspecified atom stereocenters. The Hall–Kier alpha value is -1.75. The third kappa shape index (κ3) is 7.41. The Morgan fingerprint density at radius 2 is 1.81 bits per heavy atom. The summed E-state index contributed by atoms with van der Waals surface area (Å²) < 4.78 is 11.7. The summed E-state index contributed by atoms with van der Waals surface area (Å²) in [5, 5.41) is 2.02. The molecule has 0 saturated carbocycles. The summed E-state index contributed by atoms with van der Waals surface area (Å²) in [6.45, 7) is 3.96. The number of ether oxygens (including phenoxy) is 2. The maximum absolute atomic E-state index is 6.45. The van der Waals surface area contributed by atoms with Gasteiger partial charge in [-0.2, -0.15) is 0 Å². The molecule has 1 saturated heterocycles. The molecule has 0 bridgehead atoms. The van der Waals surface area contributed by atoms with Gasteiger partial charge in [-0.15, -0.1) is 12.4 Å². The molecule has 0 spiro atoms. The first-order chi connectivity index (χ1) is 14.7. The first-order valence-corrected chi connectivity index (χ1v) is 11.6. The highest BCUT2D eigenvalue weighted by atomic mass is 35.5. The Morgan fingerprint density at radius 3 is 2.55 bits per heavy atom. The second-order valence-corrected chi connectivity index (χ2v) is 8.44. The summed E-state index contributed by atoms with van der Waals surface area (Å²) in [6.07, 6.45) is 9.46. The molecular weight excluding hydrogens is 408 g/mol. The van der Waals surface area contributed by atoms with Crippen LogP contribution in [0.2, 0.25) is 0 Å². The molecule has 1 aliphatic rings. The molecule has 1 heterocycles. The number of hydrogen-bond acceptors (Lipinski definition) is 4. The van der Waals surface area contributed by atoms with Gasteiger partial charge in [-0.25, -0.2) is 5.01 Å². The van der Waals surface area contributed by atoms with E-state index in [0.717, 1.165) is 43.9 Å². The number of nitrogens with zero attached hydrogens (tertiary/aromatic N) is 1. The van der Waals surface area contributed by atoms with Crippen LogP contribution in [0.3, 0.4) is 0 Å². The number of methoxy groups -OCH3 is 1. The van der Waals surface area contributed by atoms with Gasteiger partial charge in [0, 0.05) is 6.54 Å². The van der Waals surface area contributed by atoms with E-state index in [1.807, 2.05) is 17.1 Å². The van der Waals surface area contributed by atoms with E-state index in [4.69, 9.17) is 15.3 Å². The summed E-state index contributed by atoms with van der Waals surface area (Å²) in [5.74, 6) is 8.78. The molecule has 2 aromatic rings. The lowest BCUT2D eigenvalue weighted by Gasteiger charge is -2.39. The van der Waals surface area contributed by atoms with E-state index in [9.17, 15) is 0 Å². The predicted octanol–water partition coefficient (Wildman–Crippen LogP) is 6.34. The van der Waals surface area contributed by atoms with E-state index in [1.165, 1.54) is 43.2 Å². The molecule has 3 rings (SSSR count). The van der Waals surface area contributed by atoms with Crippen molar-refractivity contribution in [2.24, 2.45) is 11.8 Å². The number of piperidine rings is 1. The summed E-state index contributed by atoms with van der Waals surface area (Å²) in [5.41, 5.74) is 2.50. The van der Waals surface area contributed by atoms with Crippen molar-refractivity contribution < 1.29 is 9.47 Å². The van der Waals surface area contributed by atoms with E-state index >= 15 is 0 Å². The van der Waals surface area contributed by atoms with Crippen LogP contribution in [0.1, 0.15) is 69.0 Å². The van der Waals surface area contributed by atoms with Crippen LogP contribution >= 0.6 is 12.4 Å². The van der Waals surface area contributed by atoms with Gasteiger partial charge in [0.1, 0.15) is 11.5 Å². The highest BCUT2D eigenvalue weighted by Gasteiger charge is 2.31. The number of nitrogens with two attached hydrogens (primary N) is 1. The van der Waals surface area contributed by atoms with E-state index in [2.05, 4.69) is 43.3 Å². The molecule has 1 aliphatic heterocycles. The minimum absolute atomic E-state index is 0. The van der Waals surface area contributed by atoms with Crippen LogP contribution in [0.5, 0.6) is 11.5 Å². The van der Waals surface area contributed by atoms with Gasteiger partial charge < -0.3 is 9.47 Å². The Morgan fingerprint density at radius 1 is 1.03 bits per heavy atom. The maximum atomic E-state index is 6.45. The van der Waals surface area contributed by atoms with Crippen molar-refractivity contribution in [3.05, 3.63) is 59.7 Å². The first-order valence-electron chi connectivity index (χ1n) is 11.6. The molecule has 172 valence electrons. The molecule has 1 fully saturated rings. The Labute approximate surface area is 194 Å². The summed E-state index contributed by atoms with van der Waals surface area (Å²) >= 11 is 0. The van der Waals surface area contributed by atoms with Crippen LogP contribution in [-0.4, -0.2) is 25.3 Å². The highest BCUT2D eigenvalue weighted by molar-refractivity contribution is 5.85. The van der Waals surface area contributed by atoms with Crippen molar-refractivity contribution >= 4 is 12.4 Å². The van der Waals surface area contributed by atoms with Gasteiger partial charge in [0.25, 0.3) is 0 Å². The average Bonchev–Trinajstić information content (AvgIpc) is 2.77. The number of halogens is 1. The van der Waals surface area contributed by atoms with Crippen molar-refractivity contribution in [1.82, 2.24) is 5.01 Å². The van der Waals surface area contributed by atoms with Crippen LogP contribution in [0, 0.1) is 5.92 Å². The maximum Gasteiger partial charge on any atom is 0.122 e. The van der Waals surface area contributed by atoms with Gasteiger partial charge in [-0.05, 0) is 60.9 Å². The number of unbranched alkanes of at least 4 members (excludes halogenated alkanes) is 4. The molecule has 2 N–H and O–H groups in total. The lowest BCUT2D eigenvalue weighted by atomic mass is 9.81. The van der Waals surface area contributed by atoms with Gasteiger partial charge in [0.05, 0.1) is 19.8 Å². The van der Waals surface area contributed by atoms with Crippen molar-refractivity contribution in [3.63, 3.8) is 0 Å². The molecule has 31 heavy (non-hydrogen) atoms. The second kappa shape index (κ2) is 13.6.